The van der Waals surface area contributed by atoms with E-state index >= 15 is 0 Å². The number of thiazole rings is 1. The van der Waals surface area contributed by atoms with Crippen molar-refractivity contribution >= 4 is 11.3 Å². The molecular weight excluding hydrogens is 222 g/mol. The molecule has 4 heteroatoms. The summed E-state index contributed by atoms with van der Waals surface area (Å²) in [7, 11) is 0. The molecule has 0 aliphatic heterocycles. The fourth-order valence-corrected chi connectivity index (χ4v) is 3.53. The number of aliphatic hydroxyl groups is 2. The first kappa shape index (κ1) is 12.0. The molecule has 0 unspecified atom stereocenters. The molecule has 1 aromatic rings. The van der Waals surface area contributed by atoms with Crippen molar-refractivity contribution in [2.75, 3.05) is 13.2 Å². The summed E-state index contributed by atoms with van der Waals surface area (Å²) >= 11 is 1.61. The van der Waals surface area contributed by atoms with Crippen LogP contribution in [-0.2, 0) is 6.42 Å². The van der Waals surface area contributed by atoms with Crippen molar-refractivity contribution in [2.24, 2.45) is 11.3 Å². The van der Waals surface area contributed by atoms with Crippen LogP contribution in [0.4, 0.5) is 0 Å². The van der Waals surface area contributed by atoms with Gasteiger partial charge in [-0.15, -0.1) is 11.3 Å². The Morgan fingerprint density at radius 3 is 2.50 bits per heavy atom. The Hall–Kier alpha value is -0.450. The lowest BCUT2D eigenvalue weighted by Gasteiger charge is -2.35. The van der Waals surface area contributed by atoms with Crippen molar-refractivity contribution in [1.29, 1.82) is 0 Å². The van der Waals surface area contributed by atoms with E-state index in [0.717, 1.165) is 24.1 Å². The number of nitrogens with zero attached hydrogens (tertiary/aromatic N) is 1. The van der Waals surface area contributed by atoms with Gasteiger partial charge < -0.3 is 10.2 Å². The van der Waals surface area contributed by atoms with Gasteiger partial charge in [-0.2, -0.15) is 0 Å². The minimum Gasteiger partial charge on any atom is -0.396 e. The molecule has 0 amide bonds. The van der Waals surface area contributed by atoms with Crippen molar-refractivity contribution in [3.8, 4) is 0 Å². The molecule has 0 bridgehead atoms. The fourth-order valence-electron chi connectivity index (χ4n) is 2.78. The molecule has 0 spiro atoms. The van der Waals surface area contributed by atoms with Crippen LogP contribution in [0.15, 0.2) is 11.7 Å². The van der Waals surface area contributed by atoms with Crippen LogP contribution in [-0.4, -0.2) is 28.4 Å². The first-order chi connectivity index (χ1) is 7.80. The Balaban J connectivity index is 2.13. The summed E-state index contributed by atoms with van der Waals surface area (Å²) in [6.45, 7) is 0.151. The highest BCUT2D eigenvalue weighted by Crippen LogP contribution is 2.42. The second-order valence-electron chi connectivity index (χ2n) is 4.80. The van der Waals surface area contributed by atoms with Gasteiger partial charge in [0.05, 0.1) is 18.7 Å². The SMILES string of the molecule is OCC(CO)(Cc1cncs1)C1CCCC1. The molecule has 1 saturated carbocycles. The molecule has 1 heterocycles. The van der Waals surface area contributed by atoms with Gasteiger partial charge in [0.25, 0.3) is 0 Å². The average Bonchev–Trinajstić information content (AvgIpc) is 2.99. The van der Waals surface area contributed by atoms with Gasteiger partial charge in [-0.05, 0) is 25.2 Å². The second-order valence-corrected chi connectivity index (χ2v) is 5.78. The van der Waals surface area contributed by atoms with E-state index < -0.39 is 0 Å². The Labute approximate surface area is 100 Å². The highest BCUT2D eigenvalue weighted by Gasteiger charge is 2.39. The summed E-state index contributed by atoms with van der Waals surface area (Å²) < 4.78 is 0. The van der Waals surface area contributed by atoms with E-state index in [1.807, 2.05) is 11.7 Å². The maximum Gasteiger partial charge on any atom is 0.0794 e. The maximum absolute atomic E-state index is 9.66. The minimum atomic E-state index is -0.330. The van der Waals surface area contributed by atoms with E-state index in [0.29, 0.717) is 5.92 Å². The van der Waals surface area contributed by atoms with Crippen LogP contribution in [0.2, 0.25) is 0 Å². The Kier molecular flexibility index (Phi) is 3.95. The molecule has 90 valence electrons. The molecule has 2 N–H and O–H groups in total. The fraction of sp³-hybridized carbons (Fsp3) is 0.750. The lowest BCUT2D eigenvalue weighted by molar-refractivity contribution is 0.00630. The molecule has 0 atom stereocenters. The lowest BCUT2D eigenvalue weighted by atomic mass is 9.73. The summed E-state index contributed by atoms with van der Waals surface area (Å²) in [5, 5.41) is 19.3. The van der Waals surface area contributed by atoms with Crippen molar-refractivity contribution in [1.82, 2.24) is 4.98 Å². The van der Waals surface area contributed by atoms with Crippen LogP contribution in [0.5, 0.6) is 0 Å². The smallest absolute Gasteiger partial charge is 0.0794 e. The van der Waals surface area contributed by atoms with Gasteiger partial charge in [0.2, 0.25) is 0 Å². The second kappa shape index (κ2) is 5.25. The number of aromatic nitrogens is 1. The highest BCUT2D eigenvalue weighted by atomic mass is 32.1. The topological polar surface area (TPSA) is 53.4 Å². The zero-order valence-electron chi connectivity index (χ0n) is 9.43. The Morgan fingerprint density at radius 1 is 1.31 bits per heavy atom. The van der Waals surface area contributed by atoms with E-state index in [2.05, 4.69) is 4.98 Å². The number of hydrogen-bond donors (Lipinski definition) is 2. The van der Waals surface area contributed by atoms with Crippen LogP contribution in [0.3, 0.4) is 0 Å². The van der Waals surface area contributed by atoms with Gasteiger partial charge >= 0.3 is 0 Å². The lowest BCUT2D eigenvalue weighted by Crippen LogP contribution is -2.38. The normalized spacial score (nSPS) is 18.1. The van der Waals surface area contributed by atoms with E-state index in [-0.39, 0.29) is 18.6 Å². The van der Waals surface area contributed by atoms with Crippen LogP contribution < -0.4 is 0 Å². The molecule has 0 radical (unpaired) electrons. The molecule has 1 aliphatic rings. The van der Waals surface area contributed by atoms with Gasteiger partial charge in [-0.25, -0.2) is 0 Å². The van der Waals surface area contributed by atoms with Gasteiger partial charge in [0.15, 0.2) is 0 Å². The third-order valence-corrected chi connectivity index (χ3v) is 4.64. The first-order valence-electron chi connectivity index (χ1n) is 5.90. The van der Waals surface area contributed by atoms with Crippen LogP contribution in [0, 0.1) is 11.3 Å². The summed E-state index contributed by atoms with van der Waals surface area (Å²) in [5.41, 5.74) is 1.48. The number of hydrogen-bond acceptors (Lipinski definition) is 4. The third-order valence-electron chi connectivity index (χ3n) is 3.86. The standard InChI is InChI=1S/C12H19NO2S/c14-7-12(8-15,10-3-1-2-4-10)5-11-6-13-9-16-11/h6,9-10,14-15H,1-5,7-8H2. The molecule has 2 rings (SSSR count). The summed E-state index contributed by atoms with van der Waals surface area (Å²) in [4.78, 5) is 5.22. The molecule has 0 aromatic carbocycles. The van der Waals surface area contributed by atoms with E-state index in [9.17, 15) is 10.2 Å². The quantitative estimate of drug-likeness (QED) is 0.827. The minimum absolute atomic E-state index is 0.0755. The molecule has 1 aliphatic carbocycles. The molecule has 3 nitrogen and oxygen atoms in total. The highest BCUT2D eigenvalue weighted by molar-refractivity contribution is 7.09. The van der Waals surface area contributed by atoms with Crippen molar-refractivity contribution in [3.05, 3.63) is 16.6 Å². The molecule has 1 aromatic heterocycles. The van der Waals surface area contributed by atoms with Crippen molar-refractivity contribution in [2.45, 2.75) is 32.1 Å². The van der Waals surface area contributed by atoms with Gasteiger partial charge in [0.1, 0.15) is 0 Å². The summed E-state index contributed by atoms with van der Waals surface area (Å²) in [6.07, 6.45) is 7.35. The van der Waals surface area contributed by atoms with E-state index in [1.165, 1.54) is 12.8 Å². The predicted molar refractivity (Wildman–Crippen MR) is 64.4 cm³/mol. The van der Waals surface area contributed by atoms with Crippen molar-refractivity contribution < 1.29 is 10.2 Å². The molecule has 0 saturated heterocycles. The maximum atomic E-state index is 9.66. The summed E-state index contributed by atoms with van der Waals surface area (Å²) in [5.74, 6) is 0.463. The molecule has 16 heavy (non-hydrogen) atoms. The van der Waals surface area contributed by atoms with E-state index in [1.54, 1.807) is 11.3 Å². The van der Waals surface area contributed by atoms with Crippen LogP contribution in [0.25, 0.3) is 0 Å². The predicted octanol–water partition coefficient (Wildman–Crippen LogP) is 1.85. The van der Waals surface area contributed by atoms with Gasteiger partial charge in [-0.1, -0.05) is 12.8 Å². The average molecular weight is 241 g/mol. The Morgan fingerprint density at radius 2 is 2.00 bits per heavy atom. The Bertz CT molecular complexity index is 303. The van der Waals surface area contributed by atoms with Crippen LogP contribution in [0.1, 0.15) is 30.6 Å². The zero-order chi connectivity index (χ0) is 11.4. The van der Waals surface area contributed by atoms with Gasteiger partial charge in [-0.3, -0.25) is 4.98 Å². The first-order valence-corrected chi connectivity index (χ1v) is 6.78. The zero-order valence-corrected chi connectivity index (χ0v) is 10.2. The number of aliphatic hydroxyl groups excluding tert-OH is 2. The van der Waals surface area contributed by atoms with E-state index in [4.69, 9.17) is 0 Å². The third kappa shape index (κ3) is 2.29. The summed E-state index contributed by atoms with van der Waals surface area (Å²) in [6, 6.07) is 0. The number of rotatable bonds is 5. The molecule has 1 fully saturated rings. The van der Waals surface area contributed by atoms with Gasteiger partial charge in [0, 0.05) is 16.5 Å². The largest absolute Gasteiger partial charge is 0.396 e. The van der Waals surface area contributed by atoms with Crippen molar-refractivity contribution in [3.63, 3.8) is 0 Å². The monoisotopic (exact) mass is 241 g/mol. The van der Waals surface area contributed by atoms with Crippen LogP contribution >= 0.6 is 11.3 Å². The molecular formula is C12H19NO2S.